The molecule has 1 aromatic rings. The van der Waals surface area contributed by atoms with Crippen molar-refractivity contribution in [2.24, 2.45) is 0 Å². The van der Waals surface area contributed by atoms with E-state index in [9.17, 15) is 12.8 Å². The second-order valence-corrected chi connectivity index (χ2v) is 6.00. The van der Waals surface area contributed by atoms with E-state index in [-0.39, 0.29) is 18.2 Å². The highest BCUT2D eigenvalue weighted by molar-refractivity contribution is 7.88. The fourth-order valence-corrected chi connectivity index (χ4v) is 1.67. The van der Waals surface area contributed by atoms with Gasteiger partial charge in [-0.3, -0.25) is 0 Å². The average Bonchev–Trinajstić information content (AvgIpc) is 2.19. The molecule has 0 saturated carbocycles. The molecule has 0 aliphatic rings. The number of benzene rings is 1. The van der Waals surface area contributed by atoms with Gasteiger partial charge in [-0.25, -0.2) is 17.1 Å². The normalized spacial score (nSPS) is 11.8. The van der Waals surface area contributed by atoms with Crippen LogP contribution in [0, 0.1) is 5.82 Å². The molecule has 0 saturated heterocycles. The third-order valence-corrected chi connectivity index (χ3v) is 3.73. The Balaban J connectivity index is 2.52. The summed E-state index contributed by atoms with van der Waals surface area (Å²) in [4.78, 5) is 0. The van der Waals surface area contributed by atoms with E-state index in [4.69, 9.17) is 16.3 Å². The maximum atomic E-state index is 12.7. The van der Waals surface area contributed by atoms with Gasteiger partial charge in [-0.05, 0) is 18.2 Å². The Bertz CT molecular complexity index is 492. The smallest absolute Gasteiger partial charge is 0.211 e. The van der Waals surface area contributed by atoms with Crippen LogP contribution in [0.25, 0.3) is 0 Å². The van der Waals surface area contributed by atoms with Crippen molar-refractivity contribution in [1.29, 1.82) is 0 Å². The predicted octanol–water partition coefficient (Wildman–Crippen LogP) is 1.75. The molecule has 0 radical (unpaired) electrons. The van der Waals surface area contributed by atoms with E-state index in [0.29, 0.717) is 5.75 Å². The third-order valence-electron chi connectivity index (χ3n) is 2.12. The molecule has 17 heavy (non-hydrogen) atoms. The number of hydrogen-bond acceptors (Lipinski definition) is 3. The van der Waals surface area contributed by atoms with Gasteiger partial charge < -0.3 is 4.74 Å². The predicted molar refractivity (Wildman–Crippen MR) is 64.4 cm³/mol. The molecule has 0 atom stereocenters. The summed E-state index contributed by atoms with van der Waals surface area (Å²) in [5.74, 6) is -0.120. The second kappa shape index (κ2) is 5.66. The van der Waals surface area contributed by atoms with Crippen LogP contribution < -0.4 is 4.74 Å². The fourth-order valence-electron chi connectivity index (χ4n) is 1.04. The van der Waals surface area contributed by atoms with Crippen LogP contribution in [-0.4, -0.2) is 39.2 Å². The third kappa shape index (κ3) is 4.49. The van der Waals surface area contributed by atoms with Crippen molar-refractivity contribution < 1.29 is 17.5 Å². The van der Waals surface area contributed by atoms with Crippen LogP contribution in [0.3, 0.4) is 0 Å². The van der Waals surface area contributed by atoms with E-state index in [1.165, 1.54) is 19.2 Å². The Morgan fingerprint density at radius 1 is 1.47 bits per heavy atom. The molecule has 0 spiro atoms. The van der Waals surface area contributed by atoms with E-state index in [1.807, 2.05) is 0 Å². The molecular weight excluding hydrogens is 269 g/mol. The van der Waals surface area contributed by atoms with Crippen LogP contribution in [0.2, 0.25) is 5.02 Å². The minimum absolute atomic E-state index is 0.148. The fraction of sp³-hybridized carbons (Fsp3) is 0.400. The molecular formula is C10H13ClFNO3S. The van der Waals surface area contributed by atoms with Gasteiger partial charge in [0, 0.05) is 13.6 Å². The Morgan fingerprint density at radius 2 is 2.12 bits per heavy atom. The molecule has 0 fully saturated rings. The summed E-state index contributed by atoms with van der Waals surface area (Å²) in [6, 6.07) is 3.76. The molecule has 0 amide bonds. The van der Waals surface area contributed by atoms with Crippen molar-refractivity contribution in [2.75, 3.05) is 26.5 Å². The van der Waals surface area contributed by atoms with Gasteiger partial charge in [-0.15, -0.1) is 0 Å². The molecule has 0 heterocycles. The molecule has 1 aromatic carbocycles. The van der Waals surface area contributed by atoms with Crippen molar-refractivity contribution in [3.8, 4) is 5.75 Å². The number of halogens is 2. The van der Waals surface area contributed by atoms with E-state index in [1.54, 1.807) is 0 Å². The standard InChI is InChI=1S/C10H13ClFNO3S/c1-13(17(2,14)15)5-6-16-10-4-3-8(12)7-9(10)11/h3-4,7H,5-6H2,1-2H3. The molecule has 0 unspecified atom stereocenters. The number of sulfonamides is 1. The summed E-state index contributed by atoms with van der Waals surface area (Å²) in [5.41, 5.74) is 0. The Hall–Kier alpha value is -0.850. The highest BCUT2D eigenvalue weighted by Crippen LogP contribution is 2.24. The second-order valence-electron chi connectivity index (χ2n) is 3.51. The van der Waals surface area contributed by atoms with E-state index in [0.717, 1.165) is 16.6 Å². The van der Waals surface area contributed by atoms with Gasteiger partial charge in [0.1, 0.15) is 18.2 Å². The van der Waals surface area contributed by atoms with Crippen molar-refractivity contribution in [1.82, 2.24) is 4.31 Å². The summed E-state index contributed by atoms with van der Waals surface area (Å²) in [6.07, 6.45) is 1.11. The highest BCUT2D eigenvalue weighted by Gasteiger charge is 2.10. The minimum atomic E-state index is -3.21. The molecule has 7 heteroatoms. The van der Waals surface area contributed by atoms with E-state index in [2.05, 4.69) is 0 Å². The number of nitrogens with zero attached hydrogens (tertiary/aromatic N) is 1. The Labute approximate surface area is 105 Å². The summed E-state index contributed by atoms with van der Waals surface area (Å²) >= 11 is 5.74. The summed E-state index contributed by atoms with van der Waals surface area (Å²) < 4.78 is 41.3. The van der Waals surface area contributed by atoms with Crippen LogP contribution in [0.15, 0.2) is 18.2 Å². The number of hydrogen-bond donors (Lipinski definition) is 0. The van der Waals surface area contributed by atoms with Crippen LogP contribution in [0.4, 0.5) is 4.39 Å². The monoisotopic (exact) mass is 281 g/mol. The molecule has 0 N–H and O–H groups in total. The molecule has 96 valence electrons. The zero-order valence-electron chi connectivity index (χ0n) is 9.48. The van der Waals surface area contributed by atoms with Crippen LogP contribution >= 0.6 is 11.6 Å². The topological polar surface area (TPSA) is 46.6 Å². The van der Waals surface area contributed by atoms with E-state index >= 15 is 0 Å². The number of likely N-dealkylation sites (N-methyl/N-ethyl adjacent to an activating group) is 1. The first-order valence-corrected chi connectivity index (χ1v) is 7.02. The average molecular weight is 282 g/mol. The molecule has 4 nitrogen and oxygen atoms in total. The first-order chi connectivity index (χ1) is 7.80. The SMILES string of the molecule is CN(CCOc1ccc(F)cc1Cl)S(C)(=O)=O. The van der Waals surface area contributed by atoms with Gasteiger partial charge >= 0.3 is 0 Å². The summed E-state index contributed by atoms with van der Waals surface area (Å²) in [7, 11) is -1.76. The molecule has 0 aliphatic heterocycles. The van der Waals surface area contributed by atoms with Gasteiger partial charge in [-0.1, -0.05) is 11.6 Å². The Morgan fingerprint density at radius 3 is 2.65 bits per heavy atom. The largest absolute Gasteiger partial charge is 0.491 e. The lowest BCUT2D eigenvalue weighted by atomic mass is 10.3. The first kappa shape index (κ1) is 14.2. The summed E-state index contributed by atoms with van der Waals surface area (Å²) in [6.45, 7) is 0.349. The maximum Gasteiger partial charge on any atom is 0.211 e. The quantitative estimate of drug-likeness (QED) is 0.826. The first-order valence-electron chi connectivity index (χ1n) is 4.80. The van der Waals surface area contributed by atoms with Crippen molar-refractivity contribution in [2.45, 2.75) is 0 Å². The van der Waals surface area contributed by atoms with Gasteiger partial charge in [0.15, 0.2) is 0 Å². The van der Waals surface area contributed by atoms with Crippen molar-refractivity contribution in [3.05, 3.63) is 29.0 Å². The molecule has 1 rings (SSSR count). The lowest BCUT2D eigenvalue weighted by molar-refractivity contribution is 0.287. The molecule has 0 aliphatic carbocycles. The molecule has 0 bridgehead atoms. The summed E-state index contributed by atoms with van der Waals surface area (Å²) in [5, 5.41) is 0.159. The van der Waals surface area contributed by atoms with Gasteiger partial charge in [0.25, 0.3) is 0 Å². The van der Waals surface area contributed by atoms with Crippen molar-refractivity contribution in [3.63, 3.8) is 0 Å². The van der Waals surface area contributed by atoms with Gasteiger partial charge in [0.05, 0.1) is 11.3 Å². The molecule has 0 aromatic heterocycles. The van der Waals surface area contributed by atoms with Crippen LogP contribution in [0.5, 0.6) is 5.75 Å². The Kier molecular flexibility index (Phi) is 4.73. The number of rotatable bonds is 5. The van der Waals surface area contributed by atoms with E-state index < -0.39 is 15.8 Å². The van der Waals surface area contributed by atoms with Crippen LogP contribution in [0.1, 0.15) is 0 Å². The van der Waals surface area contributed by atoms with Crippen molar-refractivity contribution >= 4 is 21.6 Å². The maximum absolute atomic E-state index is 12.7. The van der Waals surface area contributed by atoms with Gasteiger partial charge in [-0.2, -0.15) is 0 Å². The number of ether oxygens (including phenoxy) is 1. The highest BCUT2D eigenvalue weighted by atomic mass is 35.5. The minimum Gasteiger partial charge on any atom is -0.491 e. The zero-order valence-corrected chi connectivity index (χ0v) is 11.1. The zero-order chi connectivity index (χ0) is 13.1. The van der Waals surface area contributed by atoms with Crippen LogP contribution in [-0.2, 0) is 10.0 Å². The van der Waals surface area contributed by atoms with Gasteiger partial charge in [0.2, 0.25) is 10.0 Å². The lowest BCUT2D eigenvalue weighted by Gasteiger charge is -2.14. The lowest BCUT2D eigenvalue weighted by Crippen LogP contribution is -2.29.